The minimum Gasteiger partial charge on any atom is -0.454 e. The average Bonchev–Trinajstić information content (AvgIpc) is 3.02. The van der Waals surface area contributed by atoms with Crippen molar-refractivity contribution in [3.63, 3.8) is 0 Å². The Morgan fingerprint density at radius 1 is 0.783 bits per heavy atom. The number of rotatable bonds is 14. The first-order chi connectivity index (χ1) is 21.9. The van der Waals surface area contributed by atoms with E-state index in [1.54, 1.807) is 34.6 Å². The van der Waals surface area contributed by atoms with Crippen molar-refractivity contribution in [3.05, 3.63) is 137 Å². The summed E-state index contributed by atoms with van der Waals surface area (Å²) in [7, 11) is -4.10. The summed E-state index contributed by atoms with van der Waals surface area (Å²) in [6, 6.07) is 30.7. The van der Waals surface area contributed by atoms with Gasteiger partial charge in [-0.25, -0.2) is 13.2 Å². The number of benzene rings is 4. The highest BCUT2D eigenvalue weighted by Gasteiger charge is 2.40. The molecule has 0 aliphatic heterocycles. The number of aryl methyl sites for hydroxylation is 3. The van der Waals surface area contributed by atoms with Gasteiger partial charge in [0.2, 0.25) is 10.0 Å². The molecule has 0 unspecified atom stereocenters. The van der Waals surface area contributed by atoms with E-state index in [-0.39, 0.29) is 24.0 Å². The van der Waals surface area contributed by atoms with E-state index in [1.807, 2.05) is 110 Å². The van der Waals surface area contributed by atoms with Crippen LogP contribution in [0, 0.1) is 26.7 Å². The highest BCUT2D eigenvalue weighted by molar-refractivity contribution is 7.89. The number of sulfonamides is 1. The largest absolute Gasteiger partial charge is 0.454 e. The zero-order chi connectivity index (χ0) is 33.4. The van der Waals surface area contributed by atoms with Crippen LogP contribution < -0.4 is 0 Å². The number of aliphatic hydroxyl groups is 1. The van der Waals surface area contributed by atoms with E-state index < -0.39 is 40.3 Å². The first kappa shape index (κ1) is 35.0. The van der Waals surface area contributed by atoms with Crippen LogP contribution in [0.1, 0.15) is 60.3 Å². The molecule has 0 amide bonds. The minimum absolute atomic E-state index is 0.0561. The molecule has 4 rings (SSSR count). The Hall–Kier alpha value is -3.82. The standard InChI is InChI=1S/C38H45NO6S/c1-26(2)34(40)36(44-25-32-18-12-8-13-19-32)38(41)45-35(33-20-14-9-15-21-33)30(6)39(24-31-16-10-7-11-17-31)46(42,43)37-28(4)22-27(3)23-29(37)5/h7-23,26,30,34-36,40H,24-25H2,1-6H3/t30-,34-,35-,36+/m1/s1. The molecule has 0 aromatic heterocycles. The molecule has 0 radical (unpaired) electrons. The first-order valence-electron chi connectivity index (χ1n) is 15.6. The number of nitrogens with zero attached hydrogens (tertiary/aromatic N) is 1. The number of carbonyl (C=O) groups excluding carboxylic acids is 1. The summed E-state index contributed by atoms with van der Waals surface area (Å²) < 4.78 is 43.0. The molecular formula is C38H45NO6S. The molecule has 0 spiro atoms. The van der Waals surface area contributed by atoms with Crippen molar-refractivity contribution in [2.75, 3.05) is 0 Å². The number of carbonyl (C=O) groups is 1. The molecular weight excluding hydrogens is 598 g/mol. The molecule has 1 N–H and O–H groups in total. The normalized spacial score (nSPS) is 14.5. The van der Waals surface area contributed by atoms with Gasteiger partial charge in [0.1, 0.15) is 6.10 Å². The van der Waals surface area contributed by atoms with E-state index in [0.29, 0.717) is 16.7 Å². The molecule has 0 bridgehead atoms. The van der Waals surface area contributed by atoms with Gasteiger partial charge in [-0.05, 0) is 61.4 Å². The van der Waals surface area contributed by atoms with Gasteiger partial charge in [-0.15, -0.1) is 0 Å². The van der Waals surface area contributed by atoms with Crippen LogP contribution in [0.15, 0.2) is 108 Å². The first-order valence-corrected chi connectivity index (χ1v) is 17.1. The Labute approximate surface area is 273 Å². The van der Waals surface area contributed by atoms with Gasteiger partial charge in [-0.1, -0.05) is 123 Å². The summed E-state index contributed by atoms with van der Waals surface area (Å²) in [5, 5.41) is 11.1. The van der Waals surface area contributed by atoms with Gasteiger partial charge >= 0.3 is 5.97 Å². The lowest BCUT2D eigenvalue weighted by Crippen LogP contribution is -2.46. The Morgan fingerprint density at radius 3 is 1.80 bits per heavy atom. The number of aliphatic hydroxyl groups excluding tert-OH is 1. The topological polar surface area (TPSA) is 93.1 Å². The fourth-order valence-corrected chi connectivity index (χ4v) is 7.78. The van der Waals surface area contributed by atoms with E-state index in [1.165, 1.54) is 4.31 Å². The van der Waals surface area contributed by atoms with Crippen molar-refractivity contribution in [2.45, 2.75) is 83.9 Å². The summed E-state index contributed by atoms with van der Waals surface area (Å²) in [5.74, 6) is -1.07. The SMILES string of the molecule is Cc1cc(C)c(S(=O)(=O)N(Cc2ccccc2)[C@H](C)[C@@H](OC(=O)[C@@H](OCc2ccccc2)[C@H](O)C(C)C)c2ccccc2)c(C)c1. The van der Waals surface area contributed by atoms with Crippen molar-refractivity contribution in [3.8, 4) is 0 Å². The number of hydrogen-bond acceptors (Lipinski definition) is 6. The Bertz CT molecular complexity index is 1650. The third kappa shape index (κ3) is 8.50. The lowest BCUT2D eigenvalue weighted by atomic mass is 10.0. The van der Waals surface area contributed by atoms with Crippen LogP contribution in [0.25, 0.3) is 0 Å². The molecule has 4 aromatic rings. The second-order valence-electron chi connectivity index (χ2n) is 12.2. The maximum atomic E-state index is 14.7. The van der Waals surface area contributed by atoms with Crippen molar-refractivity contribution in [1.29, 1.82) is 0 Å². The Kier molecular flexibility index (Phi) is 11.9. The van der Waals surface area contributed by atoms with E-state index in [0.717, 1.165) is 16.7 Å². The minimum atomic E-state index is -4.10. The third-order valence-electron chi connectivity index (χ3n) is 8.11. The zero-order valence-electron chi connectivity index (χ0n) is 27.5. The fourth-order valence-electron chi connectivity index (χ4n) is 5.75. The molecule has 0 saturated heterocycles. The zero-order valence-corrected chi connectivity index (χ0v) is 28.3. The molecule has 8 heteroatoms. The van der Waals surface area contributed by atoms with Crippen molar-refractivity contribution >= 4 is 16.0 Å². The lowest BCUT2D eigenvalue weighted by Gasteiger charge is -2.36. The summed E-state index contributed by atoms with van der Waals surface area (Å²) in [4.78, 5) is 14.2. The van der Waals surface area contributed by atoms with E-state index >= 15 is 0 Å². The average molecular weight is 644 g/mol. The second-order valence-corrected chi connectivity index (χ2v) is 14.1. The van der Waals surface area contributed by atoms with Crippen LogP contribution in [0.4, 0.5) is 0 Å². The Morgan fingerprint density at radius 2 is 1.28 bits per heavy atom. The molecule has 4 aromatic carbocycles. The highest BCUT2D eigenvalue weighted by Crippen LogP contribution is 2.34. The van der Waals surface area contributed by atoms with E-state index in [2.05, 4.69) is 0 Å². The second kappa shape index (κ2) is 15.6. The van der Waals surface area contributed by atoms with Crippen LogP contribution >= 0.6 is 0 Å². The molecule has 0 heterocycles. The predicted octanol–water partition coefficient (Wildman–Crippen LogP) is 7.08. The maximum Gasteiger partial charge on any atom is 0.338 e. The predicted molar refractivity (Wildman–Crippen MR) is 180 cm³/mol. The van der Waals surface area contributed by atoms with Gasteiger partial charge in [0, 0.05) is 6.54 Å². The molecule has 7 nitrogen and oxygen atoms in total. The molecule has 0 saturated carbocycles. The monoisotopic (exact) mass is 643 g/mol. The van der Waals surface area contributed by atoms with E-state index in [9.17, 15) is 18.3 Å². The van der Waals surface area contributed by atoms with Crippen LogP contribution in [0.5, 0.6) is 0 Å². The van der Waals surface area contributed by atoms with Gasteiger partial charge in [0.05, 0.1) is 23.6 Å². The van der Waals surface area contributed by atoms with Gasteiger partial charge in [-0.2, -0.15) is 4.31 Å². The maximum absolute atomic E-state index is 14.7. The number of ether oxygens (including phenoxy) is 2. The van der Waals surface area contributed by atoms with Crippen molar-refractivity contribution in [1.82, 2.24) is 4.31 Å². The molecule has 244 valence electrons. The van der Waals surface area contributed by atoms with Gasteiger partial charge in [0.25, 0.3) is 0 Å². The molecule has 0 fully saturated rings. The summed E-state index contributed by atoms with van der Waals surface area (Å²) in [6.07, 6.45) is -3.45. The molecule has 4 atom stereocenters. The lowest BCUT2D eigenvalue weighted by molar-refractivity contribution is -0.177. The summed E-state index contributed by atoms with van der Waals surface area (Å²) in [5.41, 5.74) is 4.51. The van der Waals surface area contributed by atoms with Crippen LogP contribution in [-0.2, 0) is 37.4 Å². The summed E-state index contributed by atoms with van der Waals surface area (Å²) in [6.45, 7) is 11.0. The molecule has 0 aliphatic rings. The molecule has 46 heavy (non-hydrogen) atoms. The quantitative estimate of drug-likeness (QED) is 0.148. The van der Waals surface area contributed by atoms with Crippen molar-refractivity contribution in [2.24, 2.45) is 5.92 Å². The van der Waals surface area contributed by atoms with Gasteiger partial charge in [-0.3, -0.25) is 0 Å². The number of esters is 1. The van der Waals surface area contributed by atoms with Gasteiger partial charge < -0.3 is 14.6 Å². The highest BCUT2D eigenvalue weighted by atomic mass is 32.2. The van der Waals surface area contributed by atoms with Crippen molar-refractivity contribution < 1.29 is 27.8 Å². The smallest absolute Gasteiger partial charge is 0.338 e. The number of hydrogen-bond donors (Lipinski definition) is 1. The fraction of sp³-hybridized carbons (Fsp3) is 0.342. The van der Waals surface area contributed by atoms with Crippen LogP contribution in [0.2, 0.25) is 0 Å². The van der Waals surface area contributed by atoms with Gasteiger partial charge in [0.15, 0.2) is 6.10 Å². The van der Waals surface area contributed by atoms with E-state index in [4.69, 9.17) is 9.47 Å². The van der Waals surface area contributed by atoms with Crippen LogP contribution in [0.3, 0.4) is 0 Å². The molecule has 0 aliphatic carbocycles. The third-order valence-corrected chi connectivity index (χ3v) is 10.4. The van der Waals surface area contributed by atoms with Crippen LogP contribution in [-0.4, -0.2) is 42.0 Å². The summed E-state index contributed by atoms with van der Waals surface area (Å²) >= 11 is 0. The Balaban J connectivity index is 1.77.